The SMILES string of the molecule is CCOc1ccc(S(=O)(=O)N2CCCC(C(=O)Nc3ccc(C(=O)N4CCN(C)CC4)cc3)C2)cc1C. The summed E-state index contributed by atoms with van der Waals surface area (Å²) in [5, 5.41) is 2.90. The maximum Gasteiger partial charge on any atom is 0.253 e. The number of rotatable bonds is 7. The Hall–Kier alpha value is -2.95. The zero-order chi connectivity index (χ0) is 26.6. The van der Waals surface area contributed by atoms with Crippen molar-refractivity contribution in [2.45, 2.75) is 31.6 Å². The number of amides is 2. The highest BCUT2D eigenvalue weighted by Crippen LogP contribution is 2.28. The summed E-state index contributed by atoms with van der Waals surface area (Å²) in [7, 11) is -1.69. The largest absolute Gasteiger partial charge is 0.494 e. The minimum absolute atomic E-state index is 0.0105. The Balaban J connectivity index is 1.37. The molecule has 2 fully saturated rings. The molecule has 1 N–H and O–H groups in total. The van der Waals surface area contributed by atoms with Crippen LogP contribution in [0.15, 0.2) is 47.4 Å². The second-order valence-electron chi connectivity index (χ2n) is 9.72. The van der Waals surface area contributed by atoms with Gasteiger partial charge in [-0.15, -0.1) is 0 Å². The molecule has 2 aliphatic rings. The Labute approximate surface area is 219 Å². The number of carbonyl (C=O) groups excluding carboxylic acids is 2. The van der Waals surface area contributed by atoms with E-state index < -0.39 is 15.9 Å². The molecule has 1 atom stereocenters. The highest BCUT2D eigenvalue weighted by Gasteiger charge is 2.33. The number of aryl methyl sites for hydroxylation is 1. The van der Waals surface area contributed by atoms with Crippen LogP contribution in [0.4, 0.5) is 5.69 Å². The molecule has 0 aliphatic carbocycles. The predicted molar refractivity (Wildman–Crippen MR) is 142 cm³/mol. The van der Waals surface area contributed by atoms with Gasteiger partial charge in [-0.05, 0) is 81.8 Å². The van der Waals surface area contributed by atoms with Crippen LogP contribution in [0, 0.1) is 12.8 Å². The molecular weight excluding hydrogens is 492 g/mol. The molecule has 0 spiro atoms. The van der Waals surface area contributed by atoms with Crippen LogP contribution in [-0.2, 0) is 14.8 Å². The van der Waals surface area contributed by atoms with E-state index in [4.69, 9.17) is 4.74 Å². The Morgan fingerprint density at radius 3 is 2.38 bits per heavy atom. The summed E-state index contributed by atoms with van der Waals surface area (Å²) in [6.07, 6.45) is 1.21. The molecule has 2 aromatic rings. The number of sulfonamides is 1. The van der Waals surface area contributed by atoms with Crippen molar-refractivity contribution in [3.05, 3.63) is 53.6 Å². The van der Waals surface area contributed by atoms with Crippen molar-refractivity contribution in [2.24, 2.45) is 5.92 Å². The van der Waals surface area contributed by atoms with E-state index in [1.807, 2.05) is 25.8 Å². The first-order valence-electron chi connectivity index (χ1n) is 12.8. The summed E-state index contributed by atoms with van der Waals surface area (Å²) in [6, 6.07) is 11.8. The van der Waals surface area contributed by atoms with Gasteiger partial charge in [-0.1, -0.05) is 0 Å². The summed E-state index contributed by atoms with van der Waals surface area (Å²) < 4.78 is 33.5. The van der Waals surface area contributed by atoms with Gasteiger partial charge in [-0.25, -0.2) is 8.42 Å². The first-order chi connectivity index (χ1) is 17.7. The normalized spacial score (nSPS) is 19.4. The average molecular weight is 529 g/mol. The van der Waals surface area contributed by atoms with Crippen molar-refractivity contribution in [1.82, 2.24) is 14.1 Å². The van der Waals surface area contributed by atoms with Crippen LogP contribution in [0.3, 0.4) is 0 Å². The van der Waals surface area contributed by atoms with Gasteiger partial charge in [0.25, 0.3) is 5.91 Å². The van der Waals surface area contributed by atoms with Crippen LogP contribution in [0.1, 0.15) is 35.7 Å². The van der Waals surface area contributed by atoms with Crippen molar-refractivity contribution < 1.29 is 22.7 Å². The highest BCUT2D eigenvalue weighted by molar-refractivity contribution is 7.89. The van der Waals surface area contributed by atoms with Gasteiger partial charge in [0, 0.05) is 50.5 Å². The average Bonchev–Trinajstić information content (AvgIpc) is 2.90. The Bertz CT molecular complexity index is 1220. The Kier molecular flexibility index (Phi) is 8.51. The number of carbonyl (C=O) groups is 2. The van der Waals surface area contributed by atoms with E-state index in [-0.39, 0.29) is 23.3 Å². The molecule has 9 nitrogen and oxygen atoms in total. The molecular formula is C27H36N4O5S. The number of hydrogen-bond donors (Lipinski definition) is 1. The quantitative estimate of drug-likeness (QED) is 0.593. The lowest BCUT2D eigenvalue weighted by Gasteiger charge is -2.32. The molecule has 0 radical (unpaired) electrons. The number of nitrogens with one attached hydrogen (secondary N) is 1. The molecule has 1 unspecified atom stereocenters. The molecule has 0 aromatic heterocycles. The molecule has 2 saturated heterocycles. The topological polar surface area (TPSA) is 99.3 Å². The van der Waals surface area contributed by atoms with Crippen molar-refractivity contribution in [3.63, 3.8) is 0 Å². The van der Waals surface area contributed by atoms with Crippen molar-refractivity contribution >= 4 is 27.5 Å². The first-order valence-corrected chi connectivity index (χ1v) is 14.3. The van der Waals surface area contributed by atoms with Crippen LogP contribution in [-0.4, -0.2) is 87.3 Å². The maximum atomic E-state index is 13.3. The van der Waals surface area contributed by atoms with Crippen LogP contribution >= 0.6 is 0 Å². The third-order valence-electron chi connectivity index (χ3n) is 7.03. The van der Waals surface area contributed by atoms with Crippen LogP contribution in [0.2, 0.25) is 0 Å². The van der Waals surface area contributed by atoms with Crippen LogP contribution < -0.4 is 10.1 Å². The number of nitrogens with zero attached hydrogens (tertiary/aromatic N) is 3. The van der Waals surface area contributed by atoms with Crippen LogP contribution in [0.5, 0.6) is 5.75 Å². The number of benzene rings is 2. The molecule has 37 heavy (non-hydrogen) atoms. The fraction of sp³-hybridized carbons (Fsp3) is 0.481. The van der Waals surface area contributed by atoms with Gasteiger partial charge in [0.2, 0.25) is 15.9 Å². The van der Waals surface area contributed by atoms with Gasteiger partial charge >= 0.3 is 0 Å². The van der Waals surface area contributed by atoms with Crippen molar-refractivity contribution in [3.8, 4) is 5.75 Å². The number of likely N-dealkylation sites (N-methyl/N-ethyl adjacent to an activating group) is 1. The standard InChI is InChI=1S/C27H36N4O5S/c1-4-36-25-12-11-24(18-20(25)2)37(34,35)31-13-5-6-22(19-31)26(32)28-23-9-7-21(8-10-23)27(33)30-16-14-29(3)15-17-30/h7-12,18,22H,4-6,13-17,19H2,1-3H3,(H,28,32). The second-order valence-corrected chi connectivity index (χ2v) is 11.7. The van der Waals surface area contributed by atoms with Gasteiger partial charge in [0.05, 0.1) is 17.4 Å². The maximum absolute atomic E-state index is 13.3. The van der Waals surface area contributed by atoms with Gasteiger partial charge < -0.3 is 19.9 Å². The van der Waals surface area contributed by atoms with Gasteiger partial charge in [0.1, 0.15) is 5.75 Å². The third kappa shape index (κ3) is 6.31. The summed E-state index contributed by atoms with van der Waals surface area (Å²) >= 11 is 0. The summed E-state index contributed by atoms with van der Waals surface area (Å²) in [5.74, 6) is -0.0304. The number of piperidine rings is 1. The van der Waals surface area contributed by atoms with Crippen LogP contribution in [0.25, 0.3) is 0 Å². The van der Waals surface area contributed by atoms with Gasteiger partial charge in [-0.2, -0.15) is 4.31 Å². The fourth-order valence-corrected chi connectivity index (χ4v) is 6.37. The number of hydrogen-bond acceptors (Lipinski definition) is 6. The van der Waals surface area contributed by atoms with Crippen molar-refractivity contribution in [1.29, 1.82) is 0 Å². The third-order valence-corrected chi connectivity index (χ3v) is 8.89. The zero-order valence-corrected chi connectivity index (χ0v) is 22.6. The summed E-state index contributed by atoms with van der Waals surface area (Å²) in [4.78, 5) is 30.0. The highest BCUT2D eigenvalue weighted by atomic mass is 32.2. The van der Waals surface area contributed by atoms with Gasteiger partial charge in [0.15, 0.2) is 0 Å². The minimum Gasteiger partial charge on any atom is -0.494 e. The van der Waals surface area contributed by atoms with Gasteiger partial charge in [-0.3, -0.25) is 9.59 Å². The summed E-state index contributed by atoms with van der Waals surface area (Å²) in [6.45, 7) is 7.81. The zero-order valence-electron chi connectivity index (χ0n) is 21.8. The van der Waals surface area contributed by atoms with Crippen molar-refractivity contribution in [2.75, 3.05) is 58.2 Å². The lowest BCUT2D eigenvalue weighted by atomic mass is 9.98. The molecule has 4 rings (SSSR count). The molecule has 2 aromatic carbocycles. The molecule has 200 valence electrons. The molecule has 2 heterocycles. The lowest BCUT2D eigenvalue weighted by molar-refractivity contribution is -0.120. The van der Waals surface area contributed by atoms with E-state index in [2.05, 4.69) is 10.2 Å². The molecule has 10 heteroatoms. The predicted octanol–water partition coefficient (Wildman–Crippen LogP) is 2.82. The van der Waals surface area contributed by atoms with E-state index in [0.717, 1.165) is 18.7 Å². The molecule has 0 saturated carbocycles. The smallest absolute Gasteiger partial charge is 0.253 e. The second kappa shape index (κ2) is 11.6. The first kappa shape index (κ1) is 27.1. The Morgan fingerprint density at radius 1 is 1.03 bits per heavy atom. The van der Waals surface area contributed by atoms with E-state index >= 15 is 0 Å². The van der Waals surface area contributed by atoms with E-state index in [9.17, 15) is 18.0 Å². The fourth-order valence-electron chi connectivity index (χ4n) is 4.76. The molecule has 2 amide bonds. The van der Waals surface area contributed by atoms with E-state index in [1.165, 1.54) is 4.31 Å². The Morgan fingerprint density at radius 2 is 1.73 bits per heavy atom. The number of piperazine rings is 1. The van der Waals surface area contributed by atoms with E-state index in [1.54, 1.807) is 42.5 Å². The number of ether oxygens (including phenoxy) is 1. The summed E-state index contributed by atoms with van der Waals surface area (Å²) in [5.41, 5.74) is 1.92. The van der Waals surface area contributed by atoms with E-state index in [0.29, 0.717) is 56.1 Å². The molecule has 0 bridgehead atoms. The number of anilines is 1. The lowest BCUT2D eigenvalue weighted by Crippen LogP contribution is -2.47. The minimum atomic E-state index is -3.73. The monoisotopic (exact) mass is 528 g/mol. The molecule has 2 aliphatic heterocycles.